The van der Waals surface area contributed by atoms with E-state index in [-0.39, 0.29) is 24.9 Å². The number of carboxylic acid groups (broad SMARTS) is 1. The normalized spacial score (nSPS) is 15.7. The number of imidazole rings is 1. The number of carbonyl (C=O) groups is 1. The van der Waals surface area contributed by atoms with Crippen molar-refractivity contribution >= 4 is 40.0 Å². The number of benzene rings is 1. The van der Waals surface area contributed by atoms with Crippen LogP contribution in [0.2, 0.25) is 0 Å². The smallest absolute Gasteiger partial charge is 0.303 e. The van der Waals surface area contributed by atoms with Crippen LogP contribution >= 0.6 is 34.0 Å². The van der Waals surface area contributed by atoms with E-state index in [0.29, 0.717) is 30.6 Å². The monoisotopic (exact) mass is 406 g/mol. The van der Waals surface area contributed by atoms with Crippen molar-refractivity contribution in [3.8, 4) is 0 Å². The molecule has 4 nitrogen and oxygen atoms in total. The molecule has 1 unspecified atom stereocenters. The van der Waals surface area contributed by atoms with Crippen LogP contribution in [0, 0.1) is 11.6 Å². The molecular weight excluding hydrogens is 390 g/mol. The lowest BCUT2D eigenvalue weighted by Crippen LogP contribution is -2.09. The molecule has 0 amide bonds. The summed E-state index contributed by atoms with van der Waals surface area (Å²) in [6, 6.07) is 2.86. The molecule has 1 aliphatic rings. The number of aromatic nitrogens is 2. The molecule has 1 N–H and O–H groups in total. The molecule has 0 radical (unpaired) electrons. The molecular formula is C16H17ClF2N2O2S2. The molecule has 1 aromatic heterocycles. The van der Waals surface area contributed by atoms with E-state index >= 15 is 0 Å². The molecule has 0 saturated carbocycles. The number of hydrogen-bond acceptors (Lipinski definition) is 4. The highest BCUT2D eigenvalue weighted by Crippen LogP contribution is 2.37. The second-order valence-corrected chi connectivity index (χ2v) is 7.96. The van der Waals surface area contributed by atoms with Crippen LogP contribution in [0.5, 0.6) is 0 Å². The third-order valence-corrected chi connectivity index (χ3v) is 6.31. The molecule has 2 aromatic rings. The van der Waals surface area contributed by atoms with Crippen molar-refractivity contribution in [1.82, 2.24) is 9.55 Å². The maximum Gasteiger partial charge on any atom is 0.303 e. The minimum absolute atomic E-state index is 0. The molecule has 1 heterocycles. The summed E-state index contributed by atoms with van der Waals surface area (Å²) in [5.41, 5.74) is 1.30. The lowest BCUT2D eigenvalue weighted by Gasteiger charge is -2.14. The summed E-state index contributed by atoms with van der Waals surface area (Å²) in [6.45, 7) is 0. The molecule has 1 atom stereocenters. The molecule has 25 heavy (non-hydrogen) atoms. The van der Waals surface area contributed by atoms with Crippen LogP contribution < -0.4 is 0 Å². The Balaban J connectivity index is 0.00000225. The molecule has 1 aromatic carbocycles. The summed E-state index contributed by atoms with van der Waals surface area (Å²) in [4.78, 5) is 14.8. The number of halogens is 3. The Morgan fingerprint density at radius 2 is 2.16 bits per heavy atom. The Morgan fingerprint density at radius 1 is 1.36 bits per heavy atom. The number of fused-ring (bicyclic) bond motifs is 1. The molecule has 9 heteroatoms. The fraction of sp³-hybridized carbons (Fsp3) is 0.375. The highest BCUT2D eigenvalue weighted by atomic mass is 35.5. The number of rotatable bonds is 7. The lowest BCUT2D eigenvalue weighted by atomic mass is 10.1. The highest BCUT2D eigenvalue weighted by molar-refractivity contribution is 8.76. The van der Waals surface area contributed by atoms with E-state index < -0.39 is 17.6 Å². The summed E-state index contributed by atoms with van der Waals surface area (Å²) in [6.07, 6.45) is 5.41. The summed E-state index contributed by atoms with van der Waals surface area (Å²) in [7, 11) is 3.04. The van der Waals surface area contributed by atoms with Crippen LogP contribution in [0.25, 0.3) is 0 Å². The third kappa shape index (κ3) is 4.68. The van der Waals surface area contributed by atoms with Gasteiger partial charge in [-0.15, -0.1) is 12.4 Å². The van der Waals surface area contributed by atoms with Crippen LogP contribution in [0.3, 0.4) is 0 Å². The van der Waals surface area contributed by atoms with Crippen molar-refractivity contribution in [3.05, 3.63) is 47.3 Å². The Morgan fingerprint density at radius 3 is 2.92 bits per heavy atom. The summed E-state index contributed by atoms with van der Waals surface area (Å²) in [5, 5.41) is 9.42. The van der Waals surface area contributed by atoms with Gasteiger partial charge in [-0.25, -0.2) is 13.8 Å². The van der Waals surface area contributed by atoms with Gasteiger partial charge in [0.2, 0.25) is 0 Å². The predicted octanol–water partition coefficient (Wildman–Crippen LogP) is 4.53. The zero-order valence-electron chi connectivity index (χ0n) is 13.2. The van der Waals surface area contributed by atoms with Gasteiger partial charge < -0.3 is 9.67 Å². The minimum Gasteiger partial charge on any atom is -0.481 e. The van der Waals surface area contributed by atoms with Gasteiger partial charge in [-0.3, -0.25) is 4.79 Å². The van der Waals surface area contributed by atoms with Gasteiger partial charge in [0.15, 0.2) is 16.8 Å². The molecule has 0 saturated heterocycles. The lowest BCUT2D eigenvalue weighted by molar-refractivity contribution is -0.137. The summed E-state index contributed by atoms with van der Waals surface area (Å²) < 4.78 is 29.3. The van der Waals surface area contributed by atoms with Gasteiger partial charge in [0, 0.05) is 30.6 Å². The molecule has 0 bridgehead atoms. The van der Waals surface area contributed by atoms with E-state index in [2.05, 4.69) is 4.98 Å². The van der Waals surface area contributed by atoms with Gasteiger partial charge >= 0.3 is 5.97 Å². The van der Waals surface area contributed by atoms with E-state index in [9.17, 15) is 13.6 Å². The zero-order chi connectivity index (χ0) is 17.1. The van der Waals surface area contributed by atoms with E-state index in [1.165, 1.54) is 16.9 Å². The van der Waals surface area contributed by atoms with Crippen LogP contribution in [0.4, 0.5) is 8.78 Å². The SMILES string of the molecule is Cl.O=C(O)CCCSSc1nccn1C1Cc2ccc(F)c(F)c2C1. The molecule has 0 aliphatic heterocycles. The first-order chi connectivity index (χ1) is 11.6. The van der Waals surface area contributed by atoms with Crippen molar-refractivity contribution in [2.24, 2.45) is 0 Å². The number of carboxylic acids is 1. The van der Waals surface area contributed by atoms with Crippen LogP contribution in [-0.4, -0.2) is 26.4 Å². The summed E-state index contributed by atoms with van der Waals surface area (Å²) in [5.74, 6) is -1.62. The van der Waals surface area contributed by atoms with Gasteiger partial charge in [-0.2, -0.15) is 0 Å². The van der Waals surface area contributed by atoms with Crippen molar-refractivity contribution in [1.29, 1.82) is 0 Å². The molecule has 3 rings (SSSR count). The second-order valence-electron chi connectivity index (χ2n) is 5.58. The van der Waals surface area contributed by atoms with Gasteiger partial charge in [0.25, 0.3) is 0 Å². The van der Waals surface area contributed by atoms with E-state index in [4.69, 9.17) is 5.11 Å². The second kappa shape index (κ2) is 8.91. The first-order valence-electron chi connectivity index (χ1n) is 7.56. The fourth-order valence-corrected chi connectivity index (χ4v) is 4.98. The topological polar surface area (TPSA) is 55.1 Å². The standard InChI is InChI=1S/C16H16F2N2O2S2.ClH/c17-13-4-3-10-8-11(9-12(10)15(13)18)20-6-5-19-16(20)24-23-7-1-2-14(21)22;/h3-6,11H,1-2,7-9H2,(H,21,22);1H. The minimum atomic E-state index is -0.802. The zero-order valence-corrected chi connectivity index (χ0v) is 15.6. The first kappa shape index (κ1) is 20.1. The number of nitrogens with zero attached hydrogens (tertiary/aromatic N) is 2. The Hall–Kier alpha value is -1.25. The van der Waals surface area contributed by atoms with E-state index in [1.807, 2.05) is 10.8 Å². The Kier molecular flexibility index (Phi) is 7.15. The first-order valence-corrected chi connectivity index (χ1v) is 9.88. The Bertz CT molecular complexity index is 758. The molecule has 136 valence electrons. The van der Waals surface area contributed by atoms with Gasteiger partial charge in [0.05, 0.1) is 0 Å². The quantitative estimate of drug-likeness (QED) is 0.541. The van der Waals surface area contributed by atoms with Crippen LogP contribution in [0.15, 0.2) is 29.7 Å². The fourth-order valence-electron chi connectivity index (χ4n) is 2.82. The maximum atomic E-state index is 13.9. The van der Waals surface area contributed by atoms with Crippen molar-refractivity contribution < 1.29 is 18.7 Å². The van der Waals surface area contributed by atoms with Crippen molar-refractivity contribution in [2.45, 2.75) is 36.9 Å². The van der Waals surface area contributed by atoms with Crippen molar-refractivity contribution in [3.63, 3.8) is 0 Å². The van der Waals surface area contributed by atoms with Gasteiger partial charge in [-0.05, 0) is 47.2 Å². The van der Waals surface area contributed by atoms with Gasteiger partial charge in [-0.1, -0.05) is 16.9 Å². The average molecular weight is 407 g/mol. The highest BCUT2D eigenvalue weighted by Gasteiger charge is 2.28. The molecule has 0 fully saturated rings. The predicted molar refractivity (Wildman–Crippen MR) is 97.5 cm³/mol. The van der Waals surface area contributed by atoms with Crippen molar-refractivity contribution in [2.75, 3.05) is 5.75 Å². The van der Waals surface area contributed by atoms with Crippen LogP contribution in [0.1, 0.15) is 30.0 Å². The molecule has 1 aliphatic carbocycles. The molecule has 0 spiro atoms. The summed E-state index contributed by atoms with van der Waals surface area (Å²) >= 11 is 0. The van der Waals surface area contributed by atoms with Gasteiger partial charge in [0.1, 0.15) is 0 Å². The largest absolute Gasteiger partial charge is 0.481 e. The number of aliphatic carboxylic acids is 1. The van der Waals surface area contributed by atoms with E-state index in [0.717, 1.165) is 10.7 Å². The number of hydrogen-bond donors (Lipinski definition) is 1. The third-order valence-electron chi connectivity index (χ3n) is 3.97. The van der Waals surface area contributed by atoms with Crippen LogP contribution in [-0.2, 0) is 17.6 Å². The Labute approximate surface area is 158 Å². The average Bonchev–Trinajstić information content (AvgIpc) is 3.17. The van der Waals surface area contributed by atoms with E-state index in [1.54, 1.807) is 23.1 Å². The maximum absolute atomic E-state index is 13.9.